The van der Waals surface area contributed by atoms with E-state index in [0.717, 1.165) is 5.56 Å². The maximum absolute atomic E-state index is 10.6. The molecule has 0 aliphatic rings. The van der Waals surface area contributed by atoms with Crippen molar-refractivity contribution in [3.8, 4) is 0 Å². The fourth-order valence-corrected chi connectivity index (χ4v) is 1.28. The summed E-state index contributed by atoms with van der Waals surface area (Å²) in [5, 5.41) is 11.7. The van der Waals surface area contributed by atoms with Crippen LogP contribution in [0.5, 0.6) is 0 Å². The van der Waals surface area contributed by atoms with Crippen LogP contribution in [0.15, 0.2) is 30.3 Å². The maximum atomic E-state index is 10.6. The molecular formula is C11H15NO2. The highest BCUT2D eigenvalue weighted by Gasteiger charge is 2.14. The molecule has 0 aromatic heterocycles. The van der Waals surface area contributed by atoms with Crippen LogP contribution in [-0.4, -0.2) is 17.1 Å². The lowest BCUT2D eigenvalue weighted by atomic mass is 10.1. The summed E-state index contributed by atoms with van der Waals surface area (Å²) in [5.74, 6) is -0.826. The van der Waals surface area contributed by atoms with Crippen LogP contribution in [0.25, 0.3) is 0 Å². The van der Waals surface area contributed by atoms with E-state index in [0.29, 0.717) is 0 Å². The number of carbonyl (C=O) groups is 1. The summed E-state index contributed by atoms with van der Waals surface area (Å²) in [6.45, 7) is 3.59. The van der Waals surface area contributed by atoms with Crippen LogP contribution < -0.4 is 5.32 Å². The van der Waals surface area contributed by atoms with Gasteiger partial charge in [-0.3, -0.25) is 10.1 Å². The van der Waals surface area contributed by atoms with Crippen LogP contribution in [0.3, 0.4) is 0 Å². The number of hydrogen-bond donors (Lipinski definition) is 2. The van der Waals surface area contributed by atoms with Crippen molar-refractivity contribution >= 4 is 5.97 Å². The Morgan fingerprint density at radius 2 is 1.86 bits per heavy atom. The average Bonchev–Trinajstić information content (AvgIpc) is 2.19. The van der Waals surface area contributed by atoms with E-state index in [1.165, 1.54) is 0 Å². The van der Waals surface area contributed by atoms with Crippen molar-refractivity contribution in [2.75, 3.05) is 0 Å². The van der Waals surface area contributed by atoms with Gasteiger partial charge >= 0.3 is 5.97 Å². The van der Waals surface area contributed by atoms with Gasteiger partial charge in [-0.1, -0.05) is 30.3 Å². The van der Waals surface area contributed by atoms with Gasteiger partial charge in [-0.05, 0) is 19.4 Å². The molecule has 0 heterocycles. The van der Waals surface area contributed by atoms with Crippen LogP contribution in [-0.2, 0) is 4.79 Å². The SMILES string of the molecule is CC(NC(C)c1ccccc1)C(=O)O. The highest BCUT2D eigenvalue weighted by Crippen LogP contribution is 2.11. The predicted octanol–water partition coefficient (Wildman–Crippen LogP) is 1.81. The zero-order chi connectivity index (χ0) is 10.6. The third-order valence-corrected chi connectivity index (χ3v) is 2.17. The summed E-state index contributed by atoms with van der Waals surface area (Å²) in [6.07, 6.45) is 0. The molecule has 0 fully saturated rings. The summed E-state index contributed by atoms with van der Waals surface area (Å²) < 4.78 is 0. The van der Waals surface area contributed by atoms with Gasteiger partial charge in [0, 0.05) is 6.04 Å². The predicted molar refractivity (Wildman–Crippen MR) is 55.1 cm³/mol. The molecule has 1 aromatic carbocycles. The number of carboxylic acid groups (broad SMARTS) is 1. The van der Waals surface area contributed by atoms with Gasteiger partial charge in [-0.2, -0.15) is 0 Å². The Bertz CT molecular complexity index is 297. The quantitative estimate of drug-likeness (QED) is 0.766. The molecule has 14 heavy (non-hydrogen) atoms. The molecule has 0 radical (unpaired) electrons. The Labute approximate surface area is 83.8 Å². The van der Waals surface area contributed by atoms with Crippen molar-refractivity contribution in [1.29, 1.82) is 0 Å². The number of hydrogen-bond acceptors (Lipinski definition) is 2. The Hall–Kier alpha value is -1.35. The van der Waals surface area contributed by atoms with E-state index in [1.807, 2.05) is 37.3 Å². The van der Waals surface area contributed by atoms with Gasteiger partial charge in [-0.25, -0.2) is 0 Å². The molecule has 0 saturated carbocycles. The fraction of sp³-hybridized carbons (Fsp3) is 0.364. The Balaban J connectivity index is 2.59. The molecule has 0 spiro atoms. The van der Waals surface area contributed by atoms with E-state index in [9.17, 15) is 4.79 Å². The molecule has 0 saturated heterocycles. The van der Waals surface area contributed by atoms with Gasteiger partial charge < -0.3 is 5.11 Å². The van der Waals surface area contributed by atoms with Crippen LogP contribution in [0, 0.1) is 0 Å². The lowest BCUT2D eigenvalue weighted by Crippen LogP contribution is -2.35. The van der Waals surface area contributed by atoms with E-state index in [4.69, 9.17) is 5.11 Å². The second-order valence-electron chi connectivity index (χ2n) is 3.36. The van der Waals surface area contributed by atoms with Gasteiger partial charge in [0.05, 0.1) is 0 Å². The van der Waals surface area contributed by atoms with Gasteiger partial charge in [0.2, 0.25) is 0 Å². The largest absolute Gasteiger partial charge is 0.480 e. The lowest BCUT2D eigenvalue weighted by molar-refractivity contribution is -0.139. The highest BCUT2D eigenvalue weighted by atomic mass is 16.4. The third kappa shape index (κ3) is 2.85. The van der Waals surface area contributed by atoms with Crippen molar-refractivity contribution in [2.45, 2.75) is 25.9 Å². The van der Waals surface area contributed by atoms with Gasteiger partial charge in [0.1, 0.15) is 6.04 Å². The second-order valence-corrected chi connectivity index (χ2v) is 3.36. The maximum Gasteiger partial charge on any atom is 0.320 e. The molecule has 0 bridgehead atoms. The van der Waals surface area contributed by atoms with E-state index in [2.05, 4.69) is 5.32 Å². The van der Waals surface area contributed by atoms with Crippen molar-refractivity contribution < 1.29 is 9.90 Å². The molecule has 3 heteroatoms. The summed E-state index contributed by atoms with van der Waals surface area (Å²) in [5.41, 5.74) is 1.10. The van der Waals surface area contributed by atoms with Crippen LogP contribution in [0.1, 0.15) is 25.5 Å². The van der Waals surface area contributed by atoms with Crippen molar-refractivity contribution in [3.05, 3.63) is 35.9 Å². The molecule has 2 unspecified atom stereocenters. The first-order chi connectivity index (χ1) is 6.61. The van der Waals surface area contributed by atoms with Gasteiger partial charge in [0.25, 0.3) is 0 Å². The highest BCUT2D eigenvalue weighted by molar-refractivity contribution is 5.72. The Morgan fingerprint density at radius 1 is 1.29 bits per heavy atom. The number of rotatable bonds is 4. The summed E-state index contributed by atoms with van der Waals surface area (Å²) in [7, 11) is 0. The topological polar surface area (TPSA) is 49.3 Å². The standard InChI is InChI=1S/C11H15NO2/c1-8(12-9(2)11(13)14)10-6-4-3-5-7-10/h3-9,12H,1-2H3,(H,13,14). The summed E-state index contributed by atoms with van der Waals surface area (Å²) >= 11 is 0. The molecule has 1 aromatic rings. The number of benzene rings is 1. The summed E-state index contributed by atoms with van der Waals surface area (Å²) in [4.78, 5) is 10.6. The monoisotopic (exact) mass is 193 g/mol. The molecule has 0 aliphatic carbocycles. The van der Waals surface area contributed by atoms with Crippen LogP contribution in [0.2, 0.25) is 0 Å². The lowest BCUT2D eigenvalue weighted by Gasteiger charge is -2.17. The minimum absolute atomic E-state index is 0.0577. The molecule has 2 atom stereocenters. The smallest absolute Gasteiger partial charge is 0.320 e. The zero-order valence-electron chi connectivity index (χ0n) is 8.40. The van der Waals surface area contributed by atoms with Crippen LogP contribution >= 0.6 is 0 Å². The Morgan fingerprint density at radius 3 is 2.36 bits per heavy atom. The zero-order valence-corrected chi connectivity index (χ0v) is 8.40. The Kier molecular flexibility index (Phi) is 3.65. The van der Waals surface area contributed by atoms with Crippen molar-refractivity contribution in [2.24, 2.45) is 0 Å². The average molecular weight is 193 g/mol. The van der Waals surface area contributed by atoms with E-state index < -0.39 is 12.0 Å². The fourth-order valence-electron chi connectivity index (χ4n) is 1.28. The molecular weight excluding hydrogens is 178 g/mol. The third-order valence-electron chi connectivity index (χ3n) is 2.17. The van der Waals surface area contributed by atoms with Gasteiger partial charge in [-0.15, -0.1) is 0 Å². The number of aliphatic carboxylic acids is 1. The minimum atomic E-state index is -0.826. The normalized spacial score (nSPS) is 14.7. The molecule has 2 N–H and O–H groups in total. The van der Waals surface area contributed by atoms with Crippen LogP contribution in [0.4, 0.5) is 0 Å². The number of nitrogens with one attached hydrogen (secondary N) is 1. The molecule has 1 rings (SSSR count). The summed E-state index contributed by atoms with van der Waals surface area (Å²) in [6, 6.07) is 9.32. The van der Waals surface area contributed by atoms with E-state index >= 15 is 0 Å². The van der Waals surface area contributed by atoms with Gasteiger partial charge in [0.15, 0.2) is 0 Å². The molecule has 3 nitrogen and oxygen atoms in total. The first-order valence-electron chi connectivity index (χ1n) is 4.65. The van der Waals surface area contributed by atoms with E-state index in [-0.39, 0.29) is 6.04 Å². The molecule has 0 aliphatic heterocycles. The second kappa shape index (κ2) is 4.77. The van der Waals surface area contributed by atoms with Crippen molar-refractivity contribution in [3.63, 3.8) is 0 Å². The molecule has 76 valence electrons. The van der Waals surface area contributed by atoms with Crippen molar-refractivity contribution in [1.82, 2.24) is 5.32 Å². The minimum Gasteiger partial charge on any atom is -0.480 e. The van der Waals surface area contributed by atoms with E-state index in [1.54, 1.807) is 6.92 Å². The molecule has 0 amide bonds. The first kappa shape index (κ1) is 10.7. The first-order valence-corrected chi connectivity index (χ1v) is 4.65. The number of carboxylic acids is 1.